The largest absolute Gasteiger partial charge is 0.505 e. The van der Waals surface area contributed by atoms with Crippen molar-refractivity contribution in [2.75, 3.05) is 18.2 Å². The molecule has 0 saturated carbocycles. The fourth-order valence-electron chi connectivity index (χ4n) is 1.59. The van der Waals surface area contributed by atoms with Crippen LogP contribution in [0.3, 0.4) is 0 Å². The Morgan fingerprint density at radius 3 is 2.84 bits per heavy atom. The molecule has 1 aromatic carbocycles. The predicted octanol–water partition coefficient (Wildman–Crippen LogP) is 1.63. The van der Waals surface area contributed by atoms with Gasteiger partial charge in [0, 0.05) is 11.9 Å². The topological polar surface area (TPSA) is 97.5 Å². The molecule has 1 heterocycles. The van der Waals surface area contributed by atoms with Gasteiger partial charge in [-0.25, -0.2) is 0 Å². The van der Waals surface area contributed by atoms with Crippen molar-refractivity contribution in [3.63, 3.8) is 0 Å². The number of amides is 1. The number of aromatic hydroxyl groups is 1. The number of methoxy groups -OCH3 is 1. The average molecular weight is 259 g/mol. The van der Waals surface area contributed by atoms with E-state index in [0.717, 1.165) is 0 Å². The van der Waals surface area contributed by atoms with Gasteiger partial charge in [-0.05, 0) is 24.3 Å². The summed E-state index contributed by atoms with van der Waals surface area (Å²) in [7, 11) is 1.51. The molecule has 6 heteroatoms. The van der Waals surface area contributed by atoms with Gasteiger partial charge < -0.3 is 20.9 Å². The Balaban J connectivity index is 2.20. The standard InChI is InChI=1S/C13H13N3O3/c1-19-12-3-2-8(6-10(12)14)16-13(18)9-4-5-15-7-11(9)17/h2-7,17H,14H2,1H3,(H,16,18). The first-order chi connectivity index (χ1) is 9.11. The zero-order valence-electron chi connectivity index (χ0n) is 10.3. The summed E-state index contributed by atoms with van der Waals surface area (Å²) in [4.78, 5) is 15.6. The van der Waals surface area contributed by atoms with E-state index in [4.69, 9.17) is 10.5 Å². The monoisotopic (exact) mass is 259 g/mol. The number of hydrogen-bond acceptors (Lipinski definition) is 5. The lowest BCUT2D eigenvalue weighted by molar-refractivity contribution is 0.102. The molecule has 0 aliphatic rings. The lowest BCUT2D eigenvalue weighted by atomic mass is 10.2. The van der Waals surface area contributed by atoms with Crippen LogP contribution in [0, 0.1) is 0 Å². The lowest BCUT2D eigenvalue weighted by Gasteiger charge is -2.09. The second-order valence-corrected chi connectivity index (χ2v) is 3.80. The summed E-state index contributed by atoms with van der Waals surface area (Å²) in [5.74, 6) is -0.0873. The highest BCUT2D eigenvalue weighted by Gasteiger charge is 2.11. The Morgan fingerprint density at radius 1 is 1.42 bits per heavy atom. The van der Waals surface area contributed by atoms with Crippen LogP contribution < -0.4 is 15.8 Å². The highest BCUT2D eigenvalue weighted by atomic mass is 16.5. The summed E-state index contributed by atoms with van der Waals surface area (Å²) in [6.45, 7) is 0. The summed E-state index contributed by atoms with van der Waals surface area (Å²) in [5.41, 5.74) is 6.81. The average Bonchev–Trinajstić information content (AvgIpc) is 2.39. The fourth-order valence-corrected chi connectivity index (χ4v) is 1.59. The van der Waals surface area contributed by atoms with Crippen molar-refractivity contribution in [2.24, 2.45) is 0 Å². The second-order valence-electron chi connectivity index (χ2n) is 3.80. The number of carbonyl (C=O) groups is 1. The number of anilines is 2. The molecule has 0 unspecified atom stereocenters. The number of pyridine rings is 1. The van der Waals surface area contributed by atoms with E-state index in [1.807, 2.05) is 0 Å². The minimum atomic E-state index is -0.440. The SMILES string of the molecule is COc1ccc(NC(=O)c2ccncc2O)cc1N. The molecule has 0 spiro atoms. The zero-order chi connectivity index (χ0) is 13.8. The first-order valence-corrected chi connectivity index (χ1v) is 5.49. The lowest BCUT2D eigenvalue weighted by Crippen LogP contribution is -2.12. The molecule has 0 aliphatic carbocycles. The number of ether oxygens (including phenoxy) is 1. The van der Waals surface area contributed by atoms with Crippen molar-refractivity contribution in [1.82, 2.24) is 4.98 Å². The van der Waals surface area contributed by atoms with Gasteiger partial charge in [0.1, 0.15) is 11.5 Å². The number of nitrogens with two attached hydrogens (primary N) is 1. The van der Waals surface area contributed by atoms with Gasteiger partial charge in [0.2, 0.25) is 0 Å². The number of nitrogens with one attached hydrogen (secondary N) is 1. The van der Waals surface area contributed by atoms with Crippen LogP contribution in [0.4, 0.5) is 11.4 Å². The van der Waals surface area contributed by atoms with E-state index >= 15 is 0 Å². The van der Waals surface area contributed by atoms with E-state index < -0.39 is 5.91 Å². The molecule has 0 saturated heterocycles. The summed E-state index contributed by atoms with van der Waals surface area (Å²) in [5, 5.41) is 12.2. The van der Waals surface area contributed by atoms with Crippen LogP contribution in [-0.4, -0.2) is 23.1 Å². The second kappa shape index (κ2) is 5.26. The van der Waals surface area contributed by atoms with Crippen molar-refractivity contribution in [1.29, 1.82) is 0 Å². The molecule has 2 rings (SSSR count). The van der Waals surface area contributed by atoms with Crippen LogP contribution >= 0.6 is 0 Å². The van der Waals surface area contributed by atoms with E-state index in [1.165, 1.54) is 25.6 Å². The van der Waals surface area contributed by atoms with Gasteiger partial charge in [0.25, 0.3) is 5.91 Å². The Labute approximate surface area is 109 Å². The van der Waals surface area contributed by atoms with Crippen molar-refractivity contribution in [3.8, 4) is 11.5 Å². The maximum Gasteiger partial charge on any atom is 0.259 e. The van der Waals surface area contributed by atoms with Gasteiger partial charge in [-0.3, -0.25) is 9.78 Å². The van der Waals surface area contributed by atoms with Crippen LogP contribution in [-0.2, 0) is 0 Å². The van der Waals surface area contributed by atoms with E-state index in [0.29, 0.717) is 17.1 Å². The number of nitrogens with zero attached hydrogens (tertiary/aromatic N) is 1. The third kappa shape index (κ3) is 2.74. The molecule has 4 N–H and O–H groups in total. The summed E-state index contributed by atoms with van der Waals surface area (Å²) >= 11 is 0. The number of carbonyl (C=O) groups excluding carboxylic acids is 1. The molecule has 0 bridgehead atoms. The number of rotatable bonds is 3. The Kier molecular flexibility index (Phi) is 3.51. The molecule has 0 atom stereocenters. The Bertz CT molecular complexity index is 614. The molecule has 19 heavy (non-hydrogen) atoms. The molecule has 0 fully saturated rings. The van der Waals surface area contributed by atoms with E-state index in [2.05, 4.69) is 10.3 Å². The third-order valence-corrected chi connectivity index (χ3v) is 2.53. The molecule has 1 amide bonds. The third-order valence-electron chi connectivity index (χ3n) is 2.53. The maximum absolute atomic E-state index is 11.9. The quantitative estimate of drug-likeness (QED) is 0.728. The Hall–Kier alpha value is -2.76. The minimum absolute atomic E-state index is 0.143. The minimum Gasteiger partial charge on any atom is -0.505 e. The smallest absolute Gasteiger partial charge is 0.259 e. The van der Waals surface area contributed by atoms with Crippen molar-refractivity contribution in [2.45, 2.75) is 0 Å². The number of aromatic nitrogens is 1. The van der Waals surface area contributed by atoms with Gasteiger partial charge in [-0.1, -0.05) is 0 Å². The molecule has 98 valence electrons. The van der Waals surface area contributed by atoms with Crippen LogP contribution in [0.5, 0.6) is 11.5 Å². The molecule has 6 nitrogen and oxygen atoms in total. The van der Waals surface area contributed by atoms with E-state index in [-0.39, 0.29) is 11.3 Å². The first-order valence-electron chi connectivity index (χ1n) is 5.49. The fraction of sp³-hybridized carbons (Fsp3) is 0.0769. The molecular weight excluding hydrogens is 246 g/mol. The van der Waals surface area contributed by atoms with Gasteiger partial charge in [0.05, 0.1) is 24.6 Å². The predicted molar refractivity (Wildman–Crippen MR) is 71.3 cm³/mol. The van der Waals surface area contributed by atoms with Gasteiger partial charge >= 0.3 is 0 Å². The number of nitrogen functional groups attached to an aromatic ring is 1. The van der Waals surface area contributed by atoms with Gasteiger partial charge in [0.15, 0.2) is 0 Å². The summed E-state index contributed by atoms with van der Waals surface area (Å²) < 4.78 is 5.02. The highest BCUT2D eigenvalue weighted by Crippen LogP contribution is 2.25. The molecular formula is C13H13N3O3. The Morgan fingerprint density at radius 2 is 2.21 bits per heavy atom. The van der Waals surface area contributed by atoms with E-state index in [9.17, 15) is 9.90 Å². The van der Waals surface area contributed by atoms with Gasteiger partial charge in [-0.15, -0.1) is 0 Å². The summed E-state index contributed by atoms with van der Waals surface area (Å²) in [6, 6.07) is 6.31. The van der Waals surface area contributed by atoms with E-state index in [1.54, 1.807) is 18.2 Å². The normalized spacial score (nSPS) is 9.95. The van der Waals surface area contributed by atoms with Crippen LogP contribution in [0.15, 0.2) is 36.7 Å². The van der Waals surface area contributed by atoms with Crippen LogP contribution in [0.1, 0.15) is 10.4 Å². The molecule has 1 aromatic heterocycles. The highest BCUT2D eigenvalue weighted by molar-refractivity contribution is 6.06. The van der Waals surface area contributed by atoms with Crippen molar-refractivity contribution in [3.05, 3.63) is 42.2 Å². The van der Waals surface area contributed by atoms with Crippen molar-refractivity contribution >= 4 is 17.3 Å². The number of benzene rings is 1. The molecule has 2 aromatic rings. The van der Waals surface area contributed by atoms with Crippen LogP contribution in [0.25, 0.3) is 0 Å². The first kappa shape index (κ1) is 12.7. The maximum atomic E-state index is 11.9. The molecule has 0 radical (unpaired) electrons. The van der Waals surface area contributed by atoms with Crippen LogP contribution in [0.2, 0.25) is 0 Å². The number of hydrogen-bond donors (Lipinski definition) is 3. The molecule has 0 aliphatic heterocycles. The summed E-state index contributed by atoms with van der Waals surface area (Å²) in [6.07, 6.45) is 2.63. The van der Waals surface area contributed by atoms with Gasteiger partial charge in [-0.2, -0.15) is 0 Å². The van der Waals surface area contributed by atoms with Crippen molar-refractivity contribution < 1.29 is 14.6 Å². The zero-order valence-corrected chi connectivity index (χ0v) is 10.3.